The summed E-state index contributed by atoms with van der Waals surface area (Å²) in [5.41, 5.74) is 0.0440. The van der Waals surface area contributed by atoms with Gasteiger partial charge in [0.15, 0.2) is 17.5 Å². The van der Waals surface area contributed by atoms with Crippen molar-refractivity contribution in [2.75, 3.05) is 31.1 Å². The molecule has 19 heavy (non-hydrogen) atoms. The molecule has 1 heterocycles. The molecule has 0 N–H and O–H groups in total. The highest BCUT2D eigenvalue weighted by molar-refractivity contribution is 5.76. The Hall–Kier alpha value is -1.72. The Morgan fingerprint density at radius 3 is 2.32 bits per heavy atom. The van der Waals surface area contributed by atoms with Crippen molar-refractivity contribution in [2.24, 2.45) is 0 Å². The number of rotatable bonds is 2. The Morgan fingerprint density at radius 2 is 1.74 bits per heavy atom. The number of halogens is 3. The van der Waals surface area contributed by atoms with E-state index in [0.717, 1.165) is 6.07 Å². The van der Waals surface area contributed by atoms with Crippen molar-refractivity contribution in [1.82, 2.24) is 4.90 Å². The van der Waals surface area contributed by atoms with E-state index < -0.39 is 17.5 Å². The van der Waals surface area contributed by atoms with Crippen LogP contribution in [0.5, 0.6) is 0 Å². The van der Waals surface area contributed by atoms with E-state index in [1.165, 1.54) is 6.07 Å². The zero-order valence-electron chi connectivity index (χ0n) is 10.6. The van der Waals surface area contributed by atoms with Gasteiger partial charge in [-0.3, -0.25) is 4.79 Å². The predicted octanol–water partition coefficient (Wildman–Crippen LogP) is 2.16. The van der Waals surface area contributed by atoms with Crippen molar-refractivity contribution < 1.29 is 18.0 Å². The number of hydrogen-bond donors (Lipinski definition) is 0. The van der Waals surface area contributed by atoms with Crippen LogP contribution in [0.1, 0.15) is 13.3 Å². The first-order chi connectivity index (χ1) is 9.04. The molecule has 2 rings (SSSR count). The van der Waals surface area contributed by atoms with Gasteiger partial charge in [0.25, 0.3) is 0 Å². The maximum atomic E-state index is 13.6. The van der Waals surface area contributed by atoms with Crippen molar-refractivity contribution in [3.05, 3.63) is 29.6 Å². The van der Waals surface area contributed by atoms with Gasteiger partial charge in [-0.25, -0.2) is 13.2 Å². The quantitative estimate of drug-likeness (QED) is 0.770. The Kier molecular flexibility index (Phi) is 3.97. The molecule has 1 aliphatic heterocycles. The first-order valence-electron chi connectivity index (χ1n) is 6.20. The van der Waals surface area contributed by atoms with Crippen LogP contribution in [0, 0.1) is 17.5 Å². The third kappa shape index (κ3) is 2.67. The molecule has 1 aliphatic rings. The minimum Gasteiger partial charge on any atom is -0.366 e. The molecule has 0 aliphatic carbocycles. The molecule has 3 nitrogen and oxygen atoms in total. The number of carbonyl (C=O) groups is 1. The number of anilines is 1. The van der Waals surface area contributed by atoms with Crippen LogP contribution >= 0.6 is 0 Å². The molecule has 0 radical (unpaired) electrons. The lowest BCUT2D eigenvalue weighted by Gasteiger charge is -2.36. The van der Waals surface area contributed by atoms with Crippen molar-refractivity contribution >= 4 is 11.6 Å². The summed E-state index contributed by atoms with van der Waals surface area (Å²) in [5, 5.41) is 0. The molecule has 6 heteroatoms. The molecule has 0 unspecified atom stereocenters. The van der Waals surface area contributed by atoms with Crippen molar-refractivity contribution in [3.8, 4) is 0 Å². The maximum absolute atomic E-state index is 13.6. The summed E-state index contributed by atoms with van der Waals surface area (Å²) in [5.74, 6) is -3.77. The number of piperazine rings is 1. The molecule has 104 valence electrons. The minimum absolute atomic E-state index is 0.0440. The molecule has 0 spiro atoms. The number of nitrogens with zero attached hydrogens (tertiary/aromatic N) is 2. The van der Waals surface area contributed by atoms with Crippen LogP contribution in [0.15, 0.2) is 12.1 Å². The summed E-state index contributed by atoms with van der Waals surface area (Å²) in [7, 11) is 0. The standard InChI is InChI=1S/C13H15F3N2O/c1-2-11(19)18-7-5-17(6-8-18)10-4-3-9(14)12(15)13(10)16/h3-4H,2,5-8H2,1H3. The molecule has 0 aromatic heterocycles. The number of benzene rings is 1. The summed E-state index contributed by atoms with van der Waals surface area (Å²) < 4.78 is 39.7. The molecule has 0 saturated carbocycles. The summed E-state index contributed by atoms with van der Waals surface area (Å²) in [6, 6.07) is 2.14. The zero-order chi connectivity index (χ0) is 14.0. The Balaban J connectivity index is 2.10. The normalized spacial score (nSPS) is 15.8. The van der Waals surface area contributed by atoms with Gasteiger partial charge < -0.3 is 9.80 Å². The van der Waals surface area contributed by atoms with Crippen molar-refractivity contribution in [1.29, 1.82) is 0 Å². The predicted molar refractivity (Wildman–Crippen MR) is 65.4 cm³/mol. The second-order valence-electron chi connectivity index (χ2n) is 4.42. The largest absolute Gasteiger partial charge is 0.366 e. The van der Waals surface area contributed by atoms with E-state index in [9.17, 15) is 18.0 Å². The second-order valence-corrected chi connectivity index (χ2v) is 4.42. The third-order valence-corrected chi connectivity index (χ3v) is 3.29. The van der Waals surface area contributed by atoms with Gasteiger partial charge in [0.05, 0.1) is 5.69 Å². The van der Waals surface area contributed by atoms with Crippen LogP contribution < -0.4 is 4.90 Å². The van der Waals surface area contributed by atoms with Gasteiger partial charge in [0, 0.05) is 32.6 Å². The molecule has 1 amide bonds. The average molecular weight is 272 g/mol. The molecular weight excluding hydrogens is 257 g/mol. The van der Waals surface area contributed by atoms with E-state index >= 15 is 0 Å². The first-order valence-corrected chi connectivity index (χ1v) is 6.20. The average Bonchev–Trinajstić information content (AvgIpc) is 2.44. The van der Waals surface area contributed by atoms with Gasteiger partial charge in [-0.1, -0.05) is 6.92 Å². The maximum Gasteiger partial charge on any atom is 0.222 e. The Bertz CT molecular complexity index is 485. The molecule has 1 aromatic rings. The van der Waals surface area contributed by atoms with Crippen LogP contribution in [0.4, 0.5) is 18.9 Å². The van der Waals surface area contributed by atoms with E-state index in [1.807, 2.05) is 0 Å². The van der Waals surface area contributed by atoms with Gasteiger partial charge in [-0.2, -0.15) is 0 Å². The SMILES string of the molecule is CCC(=O)N1CCN(c2ccc(F)c(F)c2F)CC1. The van der Waals surface area contributed by atoms with E-state index in [2.05, 4.69) is 0 Å². The molecule has 0 bridgehead atoms. The van der Waals surface area contributed by atoms with Crippen LogP contribution in [0.25, 0.3) is 0 Å². The monoisotopic (exact) mass is 272 g/mol. The van der Waals surface area contributed by atoms with E-state index in [4.69, 9.17) is 0 Å². The molecular formula is C13H15F3N2O. The van der Waals surface area contributed by atoms with Gasteiger partial charge in [0.2, 0.25) is 5.91 Å². The minimum atomic E-state index is -1.45. The number of amides is 1. The topological polar surface area (TPSA) is 23.6 Å². The Morgan fingerprint density at radius 1 is 1.11 bits per heavy atom. The van der Waals surface area contributed by atoms with Gasteiger partial charge >= 0.3 is 0 Å². The van der Waals surface area contributed by atoms with Gasteiger partial charge in [-0.05, 0) is 12.1 Å². The number of hydrogen-bond acceptors (Lipinski definition) is 2. The van der Waals surface area contributed by atoms with Crippen LogP contribution in [-0.4, -0.2) is 37.0 Å². The van der Waals surface area contributed by atoms with Crippen LogP contribution in [0.3, 0.4) is 0 Å². The fraction of sp³-hybridized carbons (Fsp3) is 0.462. The lowest BCUT2D eigenvalue weighted by Crippen LogP contribution is -2.48. The summed E-state index contributed by atoms with van der Waals surface area (Å²) in [6.07, 6.45) is 0.430. The highest BCUT2D eigenvalue weighted by atomic mass is 19.2. The number of carbonyl (C=O) groups excluding carboxylic acids is 1. The van der Waals surface area contributed by atoms with Crippen LogP contribution in [0.2, 0.25) is 0 Å². The smallest absolute Gasteiger partial charge is 0.222 e. The van der Waals surface area contributed by atoms with Gasteiger partial charge in [-0.15, -0.1) is 0 Å². The molecule has 1 aromatic carbocycles. The summed E-state index contributed by atoms with van der Waals surface area (Å²) in [6.45, 7) is 3.53. The van der Waals surface area contributed by atoms with E-state index in [0.29, 0.717) is 32.6 Å². The first kappa shape index (κ1) is 13.7. The zero-order valence-corrected chi connectivity index (χ0v) is 10.6. The highest BCUT2D eigenvalue weighted by Gasteiger charge is 2.24. The highest BCUT2D eigenvalue weighted by Crippen LogP contribution is 2.24. The molecule has 1 saturated heterocycles. The van der Waals surface area contributed by atoms with E-state index in [-0.39, 0.29) is 11.6 Å². The fourth-order valence-electron chi connectivity index (χ4n) is 2.18. The van der Waals surface area contributed by atoms with Crippen molar-refractivity contribution in [3.63, 3.8) is 0 Å². The van der Waals surface area contributed by atoms with E-state index in [1.54, 1.807) is 16.7 Å². The Labute approximate surface area is 109 Å². The lowest BCUT2D eigenvalue weighted by atomic mass is 10.2. The molecule has 0 atom stereocenters. The second kappa shape index (κ2) is 5.50. The van der Waals surface area contributed by atoms with Crippen LogP contribution in [-0.2, 0) is 4.79 Å². The summed E-state index contributed by atoms with van der Waals surface area (Å²) in [4.78, 5) is 14.8. The summed E-state index contributed by atoms with van der Waals surface area (Å²) >= 11 is 0. The lowest BCUT2D eigenvalue weighted by molar-refractivity contribution is -0.131. The van der Waals surface area contributed by atoms with Crippen molar-refractivity contribution in [2.45, 2.75) is 13.3 Å². The fourth-order valence-corrected chi connectivity index (χ4v) is 2.18. The molecule has 1 fully saturated rings. The van der Waals surface area contributed by atoms with Gasteiger partial charge in [0.1, 0.15) is 0 Å². The third-order valence-electron chi connectivity index (χ3n) is 3.29.